The summed E-state index contributed by atoms with van der Waals surface area (Å²) in [6.45, 7) is 0. The van der Waals surface area contributed by atoms with Crippen LogP contribution >= 0.6 is 0 Å². The molecule has 0 bridgehead atoms. The van der Waals surface area contributed by atoms with Gasteiger partial charge < -0.3 is 9.84 Å². The molecule has 2 rings (SSSR count). The number of aliphatic hydroxyl groups excluding tert-OH is 1. The highest BCUT2D eigenvalue weighted by molar-refractivity contribution is 5.28. The molecular weight excluding hydrogens is 263 g/mol. The van der Waals surface area contributed by atoms with Crippen LogP contribution in [0.15, 0.2) is 30.5 Å². The molecule has 2 N–H and O–H groups in total. The van der Waals surface area contributed by atoms with Crippen molar-refractivity contribution < 1.29 is 23.0 Å². The number of nitrogens with one attached hydrogen (secondary N) is 1. The minimum atomic E-state index is -4.71. The predicted octanol–water partition coefficient (Wildman–Crippen LogP) is 1.98. The van der Waals surface area contributed by atoms with Crippen molar-refractivity contribution >= 4 is 0 Å². The molecule has 0 saturated carbocycles. The van der Waals surface area contributed by atoms with Gasteiger partial charge in [-0.15, -0.1) is 13.2 Å². The fourth-order valence-electron chi connectivity index (χ4n) is 1.53. The van der Waals surface area contributed by atoms with Crippen molar-refractivity contribution in [2.24, 2.45) is 0 Å². The van der Waals surface area contributed by atoms with Gasteiger partial charge in [0, 0.05) is 6.42 Å². The first-order valence-corrected chi connectivity index (χ1v) is 5.32. The van der Waals surface area contributed by atoms with Crippen molar-refractivity contribution in [1.29, 1.82) is 0 Å². The SMILES string of the molecule is OC(Cc1ccc(OC(F)(F)F)cc1)c1cn[nH]n1. The van der Waals surface area contributed by atoms with Crippen LogP contribution in [0.1, 0.15) is 17.4 Å². The third-order valence-corrected chi connectivity index (χ3v) is 2.36. The molecule has 5 nitrogen and oxygen atoms in total. The van der Waals surface area contributed by atoms with Crippen LogP contribution in [0.5, 0.6) is 5.75 Å². The molecule has 0 aliphatic heterocycles. The summed E-state index contributed by atoms with van der Waals surface area (Å²) in [5.41, 5.74) is 1.03. The van der Waals surface area contributed by atoms with E-state index < -0.39 is 12.5 Å². The first-order valence-electron chi connectivity index (χ1n) is 5.32. The number of hydrogen-bond donors (Lipinski definition) is 2. The molecule has 1 aromatic carbocycles. The molecule has 1 atom stereocenters. The van der Waals surface area contributed by atoms with Crippen molar-refractivity contribution in [3.8, 4) is 5.75 Å². The van der Waals surface area contributed by atoms with E-state index in [4.69, 9.17) is 0 Å². The zero-order valence-corrected chi connectivity index (χ0v) is 9.55. The van der Waals surface area contributed by atoms with Gasteiger partial charge in [0.05, 0.1) is 6.20 Å². The van der Waals surface area contributed by atoms with Gasteiger partial charge in [-0.25, -0.2) is 0 Å². The van der Waals surface area contributed by atoms with Crippen molar-refractivity contribution in [3.63, 3.8) is 0 Å². The topological polar surface area (TPSA) is 71.0 Å². The zero-order valence-electron chi connectivity index (χ0n) is 9.55. The maximum Gasteiger partial charge on any atom is 0.573 e. The van der Waals surface area contributed by atoms with Crippen molar-refractivity contribution in [2.75, 3.05) is 0 Å². The van der Waals surface area contributed by atoms with Gasteiger partial charge in [-0.2, -0.15) is 15.4 Å². The van der Waals surface area contributed by atoms with E-state index in [0.717, 1.165) is 0 Å². The summed E-state index contributed by atoms with van der Waals surface area (Å²) in [6, 6.07) is 5.28. The standard InChI is InChI=1S/C11H10F3N3O2/c12-11(13,14)19-8-3-1-7(2-4-8)5-10(18)9-6-15-17-16-9/h1-4,6,10,18H,5H2,(H,15,16,17). The Kier molecular flexibility index (Phi) is 3.70. The van der Waals surface area contributed by atoms with Crippen LogP contribution in [-0.4, -0.2) is 26.9 Å². The predicted molar refractivity (Wildman–Crippen MR) is 58.2 cm³/mol. The number of ether oxygens (including phenoxy) is 1. The van der Waals surface area contributed by atoms with E-state index in [2.05, 4.69) is 20.1 Å². The number of hydrogen-bond acceptors (Lipinski definition) is 4. The van der Waals surface area contributed by atoms with Crippen molar-refractivity contribution in [2.45, 2.75) is 18.9 Å². The summed E-state index contributed by atoms with van der Waals surface area (Å²) >= 11 is 0. The van der Waals surface area contributed by atoms with Crippen LogP contribution in [0.2, 0.25) is 0 Å². The first-order chi connectivity index (χ1) is 8.94. The smallest absolute Gasteiger partial charge is 0.406 e. The Morgan fingerprint density at radius 1 is 1.26 bits per heavy atom. The maximum atomic E-state index is 12.0. The second-order valence-electron chi connectivity index (χ2n) is 3.81. The summed E-state index contributed by atoms with van der Waals surface area (Å²) in [5.74, 6) is -0.299. The van der Waals surface area contributed by atoms with E-state index in [1.807, 2.05) is 0 Å². The molecule has 19 heavy (non-hydrogen) atoms. The quantitative estimate of drug-likeness (QED) is 0.893. The van der Waals surface area contributed by atoms with Crippen LogP contribution in [-0.2, 0) is 6.42 Å². The summed E-state index contributed by atoms with van der Waals surface area (Å²) in [5, 5.41) is 19.4. The molecule has 8 heteroatoms. The average molecular weight is 273 g/mol. The summed E-state index contributed by atoms with van der Waals surface area (Å²) in [4.78, 5) is 0. The van der Waals surface area contributed by atoms with E-state index in [9.17, 15) is 18.3 Å². The second kappa shape index (κ2) is 5.27. The Labute approximate surface area is 106 Å². The third kappa shape index (κ3) is 3.95. The highest BCUT2D eigenvalue weighted by atomic mass is 19.4. The van der Waals surface area contributed by atoms with Gasteiger partial charge in [0.1, 0.15) is 17.5 Å². The molecule has 1 unspecified atom stereocenters. The molecule has 0 radical (unpaired) electrons. The molecule has 2 aromatic rings. The number of alkyl halides is 3. The number of halogens is 3. The monoisotopic (exact) mass is 273 g/mol. The number of H-pyrrole nitrogens is 1. The Morgan fingerprint density at radius 2 is 1.95 bits per heavy atom. The van der Waals surface area contributed by atoms with E-state index in [-0.39, 0.29) is 12.2 Å². The fraction of sp³-hybridized carbons (Fsp3) is 0.273. The maximum absolute atomic E-state index is 12.0. The molecule has 0 spiro atoms. The lowest BCUT2D eigenvalue weighted by Gasteiger charge is -2.10. The Hall–Kier alpha value is -2.09. The first kappa shape index (κ1) is 13.3. The number of benzene rings is 1. The van der Waals surface area contributed by atoms with E-state index in [0.29, 0.717) is 11.3 Å². The Morgan fingerprint density at radius 3 is 2.47 bits per heavy atom. The van der Waals surface area contributed by atoms with E-state index in [1.165, 1.54) is 30.5 Å². The number of rotatable bonds is 4. The van der Waals surface area contributed by atoms with Gasteiger partial charge in [-0.3, -0.25) is 0 Å². The lowest BCUT2D eigenvalue weighted by atomic mass is 10.1. The van der Waals surface area contributed by atoms with Gasteiger partial charge in [0.25, 0.3) is 0 Å². The van der Waals surface area contributed by atoms with Crippen molar-refractivity contribution in [1.82, 2.24) is 15.4 Å². The molecule has 102 valence electrons. The minimum Gasteiger partial charge on any atom is -0.406 e. The van der Waals surface area contributed by atoms with Gasteiger partial charge >= 0.3 is 6.36 Å². The molecule has 0 aliphatic carbocycles. The molecule has 0 amide bonds. The average Bonchev–Trinajstić information content (AvgIpc) is 2.83. The molecule has 0 fully saturated rings. The number of aromatic nitrogens is 3. The highest BCUT2D eigenvalue weighted by Gasteiger charge is 2.30. The van der Waals surface area contributed by atoms with Crippen LogP contribution in [0.4, 0.5) is 13.2 Å². The lowest BCUT2D eigenvalue weighted by molar-refractivity contribution is -0.274. The Bertz CT molecular complexity index is 511. The van der Waals surface area contributed by atoms with Gasteiger partial charge in [0.15, 0.2) is 0 Å². The van der Waals surface area contributed by atoms with Crippen LogP contribution < -0.4 is 4.74 Å². The van der Waals surface area contributed by atoms with Gasteiger partial charge in [-0.1, -0.05) is 12.1 Å². The molecule has 1 aromatic heterocycles. The van der Waals surface area contributed by atoms with Gasteiger partial charge in [0.2, 0.25) is 0 Å². The number of aliphatic hydroxyl groups is 1. The summed E-state index contributed by atoms with van der Waals surface area (Å²) < 4.78 is 39.6. The number of aromatic amines is 1. The molecule has 0 aliphatic rings. The lowest BCUT2D eigenvalue weighted by Crippen LogP contribution is -2.17. The summed E-state index contributed by atoms with van der Waals surface area (Å²) in [7, 11) is 0. The second-order valence-corrected chi connectivity index (χ2v) is 3.81. The molecular formula is C11H10F3N3O2. The fourth-order valence-corrected chi connectivity index (χ4v) is 1.53. The minimum absolute atomic E-state index is 0.221. The molecule has 0 saturated heterocycles. The van der Waals surface area contributed by atoms with E-state index in [1.54, 1.807) is 0 Å². The van der Waals surface area contributed by atoms with E-state index >= 15 is 0 Å². The zero-order chi connectivity index (χ0) is 13.9. The van der Waals surface area contributed by atoms with Crippen LogP contribution in [0.25, 0.3) is 0 Å². The van der Waals surface area contributed by atoms with Crippen LogP contribution in [0.3, 0.4) is 0 Å². The molecule has 1 heterocycles. The number of nitrogens with zero attached hydrogens (tertiary/aromatic N) is 2. The Balaban J connectivity index is 1.99. The van der Waals surface area contributed by atoms with Crippen LogP contribution in [0, 0.1) is 0 Å². The van der Waals surface area contributed by atoms with Gasteiger partial charge in [-0.05, 0) is 17.7 Å². The van der Waals surface area contributed by atoms with Crippen molar-refractivity contribution in [3.05, 3.63) is 41.7 Å². The largest absolute Gasteiger partial charge is 0.573 e. The normalized spacial score (nSPS) is 13.3. The third-order valence-electron chi connectivity index (χ3n) is 2.36. The summed E-state index contributed by atoms with van der Waals surface area (Å²) in [6.07, 6.45) is -3.97. The highest BCUT2D eigenvalue weighted by Crippen LogP contribution is 2.24.